The van der Waals surface area contributed by atoms with Gasteiger partial charge in [-0.1, -0.05) is 13.8 Å². The molecule has 0 aliphatic carbocycles. The fraction of sp³-hybridized carbons (Fsp3) is 0.500. The third-order valence-corrected chi connectivity index (χ3v) is 6.18. The molecule has 2 rings (SSSR count). The van der Waals surface area contributed by atoms with Crippen molar-refractivity contribution in [2.45, 2.75) is 31.6 Å². The smallest absolute Gasteiger partial charge is 0.316 e. The van der Waals surface area contributed by atoms with E-state index in [1.165, 1.54) is 36.9 Å². The number of amides is 1. The summed E-state index contributed by atoms with van der Waals surface area (Å²) in [5.41, 5.74) is -0.625. The summed E-state index contributed by atoms with van der Waals surface area (Å²) in [7, 11) is -0.823. The number of carbonyl (C=O) groups is 1. The molecule has 0 fully saturated rings. The van der Waals surface area contributed by atoms with Crippen molar-refractivity contribution in [2.75, 3.05) is 12.3 Å². The number of aromatic nitrogens is 2. The first kappa shape index (κ1) is 20.9. The zero-order chi connectivity index (χ0) is 20.4. The molecule has 0 spiro atoms. The number of rotatable bonds is 7. The van der Waals surface area contributed by atoms with Gasteiger partial charge in [0, 0.05) is 27.1 Å². The van der Waals surface area contributed by atoms with Crippen LogP contribution >= 0.6 is 0 Å². The number of aryl methyl sites for hydroxylation is 2. The van der Waals surface area contributed by atoms with Crippen LogP contribution in [-0.4, -0.2) is 35.8 Å². The highest BCUT2D eigenvalue weighted by Crippen LogP contribution is 2.18. The molecule has 0 aliphatic heterocycles. The highest BCUT2D eigenvalue weighted by atomic mass is 32.2. The topological polar surface area (TPSA) is 107 Å². The highest BCUT2D eigenvalue weighted by molar-refractivity contribution is 7.91. The minimum Gasteiger partial charge on any atom is -0.356 e. The van der Waals surface area contributed by atoms with E-state index in [2.05, 4.69) is 5.32 Å². The first-order chi connectivity index (χ1) is 12.5. The van der Waals surface area contributed by atoms with Crippen molar-refractivity contribution in [2.24, 2.45) is 20.0 Å². The van der Waals surface area contributed by atoms with E-state index >= 15 is 0 Å². The van der Waals surface area contributed by atoms with Crippen molar-refractivity contribution in [3.8, 4) is 0 Å². The quantitative estimate of drug-likeness (QED) is 0.690. The second-order valence-corrected chi connectivity index (χ2v) is 9.09. The number of hydrogen-bond donors (Lipinski definition) is 1. The first-order valence-corrected chi connectivity index (χ1v) is 10.4. The number of carbonyl (C=O) groups excluding carboxylic acids is 1. The van der Waals surface area contributed by atoms with E-state index in [4.69, 9.17) is 0 Å². The number of benzene rings is 1. The van der Waals surface area contributed by atoms with Crippen molar-refractivity contribution in [1.82, 2.24) is 14.5 Å². The van der Waals surface area contributed by atoms with Crippen LogP contribution < -0.4 is 16.4 Å². The Labute approximate surface area is 157 Å². The SMILES string of the molecule is CC(C)CCNC(=O)CCS(=O)(=O)c1ccc2c(c1)n(C)c(=O)c(=O)n2C. The van der Waals surface area contributed by atoms with E-state index in [-0.39, 0.29) is 23.0 Å². The summed E-state index contributed by atoms with van der Waals surface area (Å²) in [6, 6.07) is 4.24. The van der Waals surface area contributed by atoms with Crippen LogP contribution in [-0.2, 0) is 28.7 Å². The molecule has 0 atom stereocenters. The lowest BCUT2D eigenvalue weighted by Crippen LogP contribution is -2.39. The van der Waals surface area contributed by atoms with Crippen LogP contribution in [0.1, 0.15) is 26.7 Å². The van der Waals surface area contributed by atoms with Crippen LogP contribution in [0.25, 0.3) is 11.0 Å². The van der Waals surface area contributed by atoms with Crippen molar-refractivity contribution in [3.63, 3.8) is 0 Å². The molecule has 1 aromatic carbocycles. The Morgan fingerprint density at radius 3 is 2.26 bits per heavy atom. The number of nitrogens with zero attached hydrogens (tertiary/aromatic N) is 2. The van der Waals surface area contributed by atoms with E-state index in [0.29, 0.717) is 23.5 Å². The van der Waals surface area contributed by atoms with Crippen LogP contribution in [0.3, 0.4) is 0 Å². The molecule has 1 amide bonds. The highest BCUT2D eigenvalue weighted by Gasteiger charge is 2.18. The average molecular weight is 395 g/mol. The molecule has 0 unspecified atom stereocenters. The summed E-state index contributed by atoms with van der Waals surface area (Å²) in [5, 5.41) is 2.71. The van der Waals surface area contributed by atoms with Gasteiger partial charge in [0.1, 0.15) is 0 Å². The average Bonchev–Trinajstić information content (AvgIpc) is 2.62. The maximum absolute atomic E-state index is 12.6. The molecule has 0 bridgehead atoms. The monoisotopic (exact) mass is 395 g/mol. The second kappa shape index (κ2) is 8.08. The third kappa shape index (κ3) is 4.65. The summed E-state index contributed by atoms with van der Waals surface area (Å²) in [4.78, 5) is 35.7. The molecule has 8 nitrogen and oxygen atoms in total. The Kier molecular flexibility index (Phi) is 6.25. The van der Waals surface area contributed by atoms with Gasteiger partial charge in [-0.3, -0.25) is 14.4 Å². The Hall–Kier alpha value is -2.42. The normalized spacial score (nSPS) is 11.9. The van der Waals surface area contributed by atoms with E-state index in [1.807, 2.05) is 13.8 Å². The van der Waals surface area contributed by atoms with Crippen molar-refractivity contribution in [3.05, 3.63) is 38.9 Å². The zero-order valence-corrected chi connectivity index (χ0v) is 16.8. The van der Waals surface area contributed by atoms with Crippen molar-refractivity contribution < 1.29 is 13.2 Å². The van der Waals surface area contributed by atoms with Gasteiger partial charge in [-0.25, -0.2) is 8.42 Å². The summed E-state index contributed by atoms with van der Waals surface area (Å²) < 4.78 is 27.5. The van der Waals surface area contributed by atoms with Crippen LogP contribution in [0.15, 0.2) is 32.7 Å². The molecular formula is C18H25N3O5S. The van der Waals surface area contributed by atoms with Gasteiger partial charge in [-0.2, -0.15) is 0 Å². The summed E-state index contributed by atoms with van der Waals surface area (Å²) in [6.07, 6.45) is 0.695. The Balaban J connectivity index is 2.24. The van der Waals surface area contributed by atoms with Gasteiger partial charge in [-0.05, 0) is 30.5 Å². The molecule has 1 N–H and O–H groups in total. The van der Waals surface area contributed by atoms with Gasteiger partial charge in [0.2, 0.25) is 5.91 Å². The molecule has 9 heteroatoms. The Morgan fingerprint density at radius 1 is 1.07 bits per heavy atom. The fourth-order valence-electron chi connectivity index (χ4n) is 2.69. The van der Waals surface area contributed by atoms with Crippen LogP contribution in [0.5, 0.6) is 0 Å². The number of nitrogens with one attached hydrogen (secondary N) is 1. The lowest BCUT2D eigenvalue weighted by Gasteiger charge is -2.11. The maximum Gasteiger partial charge on any atom is 0.316 e. The van der Waals surface area contributed by atoms with Crippen LogP contribution in [0, 0.1) is 5.92 Å². The summed E-state index contributed by atoms with van der Waals surface area (Å²) >= 11 is 0. The molecule has 0 radical (unpaired) electrons. The van der Waals surface area contributed by atoms with Crippen molar-refractivity contribution in [1.29, 1.82) is 0 Å². The molecule has 0 saturated carbocycles. The second-order valence-electron chi connectivity index (χ2n) is 6.98. The third-order valence-electron chi connectivity index (χ3n) is 4.46. The predicted molar refractivity (Wildman–Crippen MR) is 104 cm³/mol. The molecule has 0 aliphatic rings. The Morgan fingerprint density at radius 2 is 1.67 bits per heavy atom. The molecule has 0 saturated heterocycles. The summed E-state index contributed by atoms with van der Waals surface area (Å²) in [6.45, 7) is 4.60. The lowest BCUT2D eigenvalue weighted by molar-refractivity contribution is -0.120. The van der Waals surface area contributed by atoms with Gasteiger partial charge >= 0.3 is 11.1 Å². The molecular weight excluding hydrogens is 370 g/mol. The van der Waals surface area contributed by atoms with Gasteiger partial charge in [-0.15, -0.1) is 0 Å². The molecule has 1 aromatic heterocycles. The predicted octanol–water partition coefficient (Wildman–Crippen LogP) is 0.563. The van der Waals surface area contributed by atoms with Gasteiger partial charge in [0.25, 0.3) is 0 Å². The molecule has 148 valence electrons. The molecule has 27 heavy (non-hydrogen) atoms. The number of fused-ring (bicyclic) bond motifs is 1. The maximum atomic E-state index is 12.6. The van der Waals surface area contributed by atoms with Crippen LogP contribution in [0.2, 0.25) is 0 Å². The lowest BCUT2D eigenvalue weighted by atomic mass is 10.1. The van der Waals surface area contributed by atoms with Gasteiger partial charge < -0.3 is 14.5 Å². The van der Waals surface area contributed by atoms with Gasteiger partial charge in [0.15, 0.2) is 9.84 Å². The van der Waals surface area contributed by atoms with Gasteiger partial charge in [0.05, 0.1) is 21.7 Å². The summed E-state index contributed by atoms with van der Waals surface area (Å²) in [5.74, 6) is -0.185. The minimum absolute atomic E-state index is 0.0126. The van der Waals surface area contributed by atoms with Crippen molar-refractivity contribution >= 4 is 26.8 Å². The fourth-order valence-corrected chi connectivity index (χ4v) is 3.94. The minimum atomic E-state index is -3.70. The van der Waals surface area contributed by atoms with E-state index in [9.17, 15) is 22.8 Å². The largest absolute Gasteiger partial charge is 0.356 e. The molecule has 2 aromatic rings. The van der Waals surface area contributed by atoms with Crippen LogP contribution in [0.4, 0.5) is 0 Å². The van der Waals surface area contributed by atoms with E-state index < -0.39 is 21.0 Å². The zero-order valence-electron chi connectivity index (χ0n) is 16.0. The number of sulfone groups is 1. The first-order valence-electron chi connectivity index (χ1n) is 8.74. The van der Waals surface area contributed by atoms with E-state index in [1.54, 1.807) is 0 Å². The molecule has 1 heterocycles. The Bertz CT molecular complexity index is 1080. The number of hydrogen-bond acceptors (Lipinski definition) is 5. The standard InChI is InChI=1S/C18H25N3O5S/c1-12(2)7-9-19-16(22)8-10-27(25,26)13-5-6-14-15(11-13)21(4)18(24)17(23)20(14)3/h5-6,11-12H,7-10H2,1-4H3,(H,19,22). The van der Waals surface area contributed by atoms with E-state index in [0.717, 1.165) is 11.0 Å².